The van der Waals surface area contributed by atoms with Crippen molar-refractivity contribution < 1.29 is 19.4 Å². The van der Waals surface area contributed by atoms with Gasteiger partial charge in [-0.2, -0.15) is 0 Å². The Hall–Kier alpha value is -0.920. The third kappa shape index (κ3) is 3.46. The molecule has 2 rings (SSSR count). The van der Waals surface area contributed by atoms with Crippen molar-refractivity contribution in [2.45, 2.75) is 12.5 Å². The van der Waals surface area contributed by atoms with Gasteiger partial charge in [-0.05, 0) is 49.6 Å². The zero-order chi connectivity index (χ0) is 15.6. The van der Waals surface area contributed by atoms with Crippen LogP contribution in [0.1, 0.15) is 18.0 Å². The Morgan fingerprint density at radius 2 is 2.14 bits per heavy atom. The molecule has 0 spiro atoms. The van der Waals surface area contributed by atoms with E-state index in [1.807, 2.05) is 18.2 Å². The van der Waals surface area contributed by atoms with E-state index in [2.05, 4.69) is 31.9 Å². The molecule has 7 heteroatoms. The number of carboxylic acid groups (broad SMARTS) is 1. The number of likely N-dealkylation sites (tertiary alicyclic amines) is 1. The van der Waals surface area contributed by atoms with Gasteiger partial charge in [0.05, 0.1) is 18.6 Å². The number of carbonyl (C=O) groups excluding carboxylic acids is 1. The molecule has 1 aliphatic heterocycles. The standard InChI is InChI=1S/C14H15Br2NO4/c1-21-5-4-17-12(18)7-9(14(19)20)13(17)8-2-3-10(15)11(16)6-8/h2-3,6,9,13H,4-5,7H2,1H3,(H,19,20). The van der Waals surface area contributed by atoms with E-state index in [0.29, 0.717) is 13.2 Å². The van der Waals surface area contributed by atoms with Crippen LogP contribution in [-0.2, 0) is 14.3 Å². The molecule has 0 radical (unpaired) electrons. The maximum Gasteiger partial charge on any atom is 0.309 e. The molecule has 5 nitrogen and oxygen atoms in total. The van der Waals surface area contributed by atoms with Crippen molar-refractivity contribution in [1.29, 1.82) is 0 Å². The van der Waals surface area contributed by atoms with E-state index in [1.165, 1.54) is 0 Å². The normalized spacial score (nSPS) is 21.9. The fourth-order valence-electron chi connectivity index (χ4n) is 2.57. The van der Waals surface area contributed by atoms with Gasteiger partial charge in [-0.25, -0.2) is 0 Å². The van der Waals surface area contributed by atoms with Gasteiger partial charge in [0.2, 0.25) is 5.91 Å². The predicted molar refractivity (Wildman–Crippen MR) is 83.9 cm³/mol. The number of halogens is 2. The van der Waals surface area contributed by atoms with Gasteiger partial charge in [0.15, 0.2) is 0 Å². The molecule has 2 unspecified atom stereocenters. The zero-order valence-electron chi connectivity index (χ0n) is 11.4. The molecule has 114 valence electrons. The second-order valence-corrected chi connectivity index (χ2v) is 6.56. The zero-order valence-corrected chi connectivity index (χ0v) is 14.6. The second kappa shape index (κ2) is 6.89. The molecule has 0 aliphatic carbocycles. The third-order valence-corrected chi connectivity index (χ3v) is 5.45. The number of hydrogen-bond donors (Lipinski definition) is 1. The molecule has 1 aromatic carbocycles. The molecule has 1 N–H and O–H groups in total. The number of methoxy groups -OCH3 is 1. The van der Waals surface area contributed by atoms with Crippen molar-refractivity contribution in [2.24, 2.45) is 5.92 Å². The van der Waals surface area contributed by atoms with Crippen LogP contribution in [-0.4, -0.2) is 42.1 Å². The van der Waals surface area contributed by atoms with Crippen molar-refractivity contribution in [2.75, 3.05) is 20.3 Å². The summed E-state index contributed by atoms with van der Waals surface area (Å²) in [5.74, 6) is -1.83. The molecule has 1 aromatic rings. The summed E-state index contributed by atoms with van der Waals surface area (Å²) in [4.78, 5) is 25.2. The van der Waals surface area contributed by atoms with Crippen molar-refractivity contribution in [3.63, 3.8) is 0 Å². The predicted octanol–water partition coefficient (Wildman–Crippen LogP) is 2.83. The Balaban J connectivity index is 2.38. The first kappa shape index (κ1) is 16.5. The lowest BCUT2D eigenvalue weighted by Crippen LogP contribution is -2.33. The van der Waals surface area contributed by atoms with Crippen LogP contribution in [0.5, 0.6) is 0 Å². The van der Waals surface area contributed by atoms with Crippen molar-refractivity contribution >= 4 is 43.7 Å². The van der Waals surface area contributed by atoms with Gasteiger partial charge < -0.3 is 14.7 Å². The molecule has 1 amide bonds. The third-order valence-electron chi connectivity index (χ3n) is 3.57. The van der Waals surface area contributed by atoms with E-state index >= 15 is 0 Å². The van der Waals surface area contributed by atoms with E-state index in [0.717, 1.165) is 14.5 Å². The van der Waals surface area contributed by atoms with Crippen LogP contribution in [0.4, 0.5) is 0 Å². The van der Waals surface area contributed by atoms with Gasteiger partial charge in [0.1, 0.15) is 0 Å². The van der Waals surface area contributed by atoms with E-state index < -0.39 is 17.9 Å². The highest BCUT2D eigenvalue weighted by Gasteiger charge is 2.44. The molecule has 0 saturated carbocycles. The number of aliphatic carboxylic acids is 1. The number of hydrogen-bond acceptors (Lipinski definition) is 3. The summed E-state index contributed by atoms with van der Waals surface area (Å²) >= 11 is 6.80. The lowest BCUT2D eigenvalue weighted by atomic mass is 9.94. The second-order valence-electron chi connectivity index (χ2n) is 4.85. The molecule has 1 fully saturated rings. The summed E-state index contributed by atoms with van der Waals surface area (Å²) in [7, 11) is 1.56. The molecule has 21 heavy (non-hydrogen) atoms. The Bertz CT molecular complexity index is 564. The van der Waals surface area contributed by atoms with Crippen LogP contribution in [0.2, 0.25) is 0 Å². The molecule has 0 bridgehead atoms. The number of carboxylic acids is 1. The summed E-state index contributed by atoms with van der Waals surface area (Å²) in [6, 6.07) is 5.07. The van der Waals surface area contributed by atoms with Crippen LogP contribution in [0.15, 0.2) is 27.1 Å². The quantitative estimate of drug-likeness (QED) is 0.795. The van der Waals surface area contributed by atoms with Crippen LogP contribution >= 0.6 is 31.9 Å². The largest absolute Gasteiger partial charge is 0.481 e. The van der Waals surface area contributed by atoms with Crippen LogP contribution < -0.4 is 0 Å². The topological polar surface area (TPSA) is 66.8 Å². The SMILES string of the molecule is COCCN1C(=O)CC(C(=O)O)C1c1ccc(Br)c(Br)c1. The molecule has 0 aromatic heterocycles. The summed E-state index contributed by atoms with van der Waals surface area (Å²) in [5.41, 5.74) is 0.805. The summed E-state index contributed by atoms with van der Waals surface area (Å²) in [6.07, 6.45) is 0.0252. The molecule has 2 atom stereocenters. The number of nitrogens with zero attached hydrogens (tertiary/aromatic N) is 1. The van der Waals surface area contributed by atoms with Gasteiger partial charge in [0.25, 0.3) is 0 Å². The van der Waals surface area contributed by atoms with Crippen LogP contribution in [0, 0.1) is 5.92 Å². The minimum atomic E-state index is -0.952. The Labute approximate surface area is 139 Å². The summed E-state index contributed by atoms with van der Waals surface area (Å²) < 4.78 is 6.73. The highest BCUT2D eigenvalue weighted by Crippen LogP contribution is 2.39. The molecule has 1 aliphatic rings. The lowest BCUT2D eigenvalue weighted by Gasteiger charge is -2.27. The number of carbonyl (C=O) groups is 2. The van der Waals surface area contributed by atoms with Crippen molar-refractivity contribution in [1.82, 2.24) is 4.90 Å². The summed E-state index contributed by atoms with van der Waals surface area (Å²) in [6.45, 7) is 0.768. The Morgan fingerprint density at radius 1 is 1.43 bits per heavy atom. The molecular formula is C14H15Br2NO4. The van der Waals surface area contributed by atoms with Gasteiger partial charge in [-0.1, -0.05) is 6.07 Å². The first-order chi connectivity index (χ1) is 9.95. The highest BCUT2D eigenvalue weighted by atomic mass is 79.9. The van der Waals surface area contributed by atoms with E-state index in [-0.39, 0.29) is 12.3 Å². The van der Waals surface area contributed by atoms with Crippen molar-refractivity contribution in [3.8, 4) is 0 Å². The average molecular weight is 421 g/mol. The lowest BCUT2D eigenvalue weighted by molar-refractivity contribution is -0.142. The van der Waals surface area contributed by atoms with Crippen molar-refractivity contribution in [3.05, 3.63) is 32.7 Å². The molecular weight excluding hydrogens is 406 g/mol. The smallest absolute Gasteiger partial charge is 0.309 e. The minimum absolute atomic E-state index is 0.0252. The van der Waals surface area contributed by atoms with Crippen LogP contribution in [0.3, 0.4) is 0 Å². The fourth-order valence-corrected chi connectivity index (χ4v) is 3.22. The summed E-state index contributed by atoms with van der Waals surface area (Å²) in [5, 5.41) is 9.40. The maximum atomic E-state index is 12.1. The monoisotopic (exact) mass is 419 g/mol. The van der Waals surface area contributed by atoms with Gasteiger partial charge in [-0.15, -0.1) is 0 Å². The molecule has 1 saturated heterocycles. The molecule has 1 heterocycles. The average Bonchev–Trinajstić information content (AvgIpc) is 2.77. The number of amides is 1. The van der Waals surface area contributed by atoms with Gasteiger partial charge >= 0.3 is 5.97 Å². The van der Waals surface area contributed by atoms with Gasteiger partial charge in [0, 0.05) is 29.0 Å². The highest BCUT2D eigenvalue weighted by molar-refractivity contribution is 9.13. The fraction of sp³-hybridized carbons (Fsp3) is 0.429. The first-order valence-electron chi connectivity index (χ1n) is 6.42. The minimum Gasteiger partial charge on any atom is -0.481 e. The maximum absolute atomic E-state index is 12.1. The van der Waals surface area contributed by atoms with E-state index in [4.69, 9.17) is 4.74 Å². The van der Waals surface area contributed by atoms with Crippen LogP contribution in [0.25, 0.3) is 0 Å². The Kier molecular flexibility index (Phi) is 5.40. The van der Waals surface area contributed by atoms with Gasteiger partial charge in [-0.3, -0.25) is 9.59 Å². The first-order valence-corrected chi connectivity index (χ1v) is 8.00. The Morgan fingerprint density at radius 3 is 2.71 bits per heavy atom. The number of ether oxygens (including phenoxy) is 1. The van der Waals surface area contributed by atoms with E-state index in [9.17, 15) is 14.7 Å². The number of benzene rings is 1. The number of rotatable bonds is 5. The van der Waals surface area contributed by atoms with E-state index in [1.54, 1.807) is 12.0 Å².